The lowest BCUT2D eigenvalue weighted by Gasteiger charge is -2.08. The standard InChI is InChI=1S/C12H15F2N3OS/c1-2-3-4-18-11-9(13)5-8(6-10(11)14)7-16-17-12(15)19/h5-7H,2-4H2,1H3,(H3,15,17,19). The number of thiocarbonyl (C=S) groups is 1. The van der Waals surface area contributed by atoms with Gasteiger partial charge < -0.3 is 10.5 Å². The highest BCUT2D eigenvalue weighted by molar-refractivity contribution is 7.80. The van der Waals surface area contributed by atoms with Crippen LogP contribution in [0.25, 0.3) is 0 Å². The molecular weight excluding hydrogens is 272 g/mol. The van der Waals surface area contributed by atoms with E-state index < -0.39 is 11.6 Å². The lowest BCUT2D eigenvalue weighted by molar-refractivity contribution is 0.278. The lowest BCUT2D eigenvalue weighted by Crippen LogP contribution is -2.24. The van der Waals surface area contributed by atoms with Crippen molar-refractivity contribution in [2.24, 2.45) is 10.8 Å². The molecule has 104 valence electrons. The van der Waals surface area contributed by atoms with Crippen molar-refractivity contribution in [1.29, 1.82) is 0 Å². The maximum absolute atomic E-state index is 13.6. The van der Waals surface area contributed by atoms with Crippen LogP contribution in [0.15, 0.2) is 17.2 Å². The van der Waals surface area contributed by atoms with E-state index in [2.05, 4.69) is 22.7 Å². The van der Waals surface area contributed by atoms with Gasteiger partial charge in [-0.15, -0.1) is 0 Å². The highest BCUT2D eigenvalue weighted by Gasteiger charge is 2.11. The zero-order valence-electron chi connectivity index (χ0n) is 10.5. The minimum atomic E-state index is -0.770. The number of nitrogens with one attached hydrogen (secondary N) is 1. The van der Waals surface area contributed by atoms with Gasteiger partial charge in [-0.05, 0) is 30.8 Å². The first-order valence-electron chi connectivity index (χ1n) is 5.75. The Kier molecular flexibility index (Phi) is 6.14. The van der Waals surface area contributed by atoms with E-state index in [4.69, 9.17) is 10.5 Å². The summed E-state index contributed by atoms with van der Waals surface area (Å²) in [5.74, 6) is -1.91. The van der Waals surface area contributed by atoms with Gasteiger partial charge in [0.15, 0.2) is 22.5 Å². The van der Waals surface area contributed by atoms with Gasteiger partial charge in [-0.25, -0.2) is 8.78 Å². The summed E-state index contributed by atoms with van der Waals surface area (Å²) in [5.41, 5.74) is 7.68. The molecule has 0 fully saturated rings. The van der Waals surface area contributed by atoms with Gasteiger partial charge in [0.2, 0.25) is 0 Å². The van der Waals surface area contributed by atoms with Gasteiger partial charge in [-0.2, -0.15) is 5.10 Å². The molecule has 0 saturated carbocycles. The Bertz CT molecular complexity index is 457. The van der Waals surface area contributed by atoms with Crippen LogP contribution in [0.4, 0.5) is 8.78 Å². The van der Waals surface area contributed by atoms with E-state index in [0.717, 1.165) is 25.0 Å². The SMILES string of the molecule is CCCCOc1c(F)cc(C=NNC(N)=S)cc1F. The summed E-state index contributed by atoms with van der Waals surface area (Å²) in [7, 11) is 0. The third-order valence-electron chi connectivity index (χ3n) is 2.15. The number of nitrogens with zero attached hydrogens (tertiary/aromatic N) is 1. The van der Waals surface area contributed by atoms with Crippen molar-refractivity contribution < 1.29 is 13.5 Å². The number of ether oxygens (including phenoxy) is 1. The van der Waals surface area contributed by atoms with Gasteiger partial charge in [-0.1, -0.05) is 13.3 Å². The number of rotatable bonds is 6. The molecule has 0 aromatic heterocycles. The molecule has 7 heteroatoms. The fourth-order valence-corrected chi connectivity index (χ4v) is 1.33. The molecule has 0 unspecified atom stereocenters. The van der Waals surface area contributed by atoms with E-state index in [1.165, 1.54) is 6.21 Å². The molecule has 0 saturated heterocycles. The van der Waals surface area contributed by atoms with E-state index in [1.807, 2.05) is 6.92 Å². The molecule has 1 aromatic carbocycles. The average molecular weight is 287 g/mol. The number of halogens is 2. The second-order valence-corrected chi connectivity index (χ2v) is 4.19. The number of benzene rings is 1. The molecule has 19 heavy (non-hydrogen) atoms. The molecule has 0 heterocycles. The molecule has 0 spiro atoms. The van der Waals surface area contributed by atoms with Crippen LogP contribution in [0.1, 0.15) is 25.3 Å². The van der Waals surface area contributed by atoms with E-state index in [1.54, 1.807) is 0 Å². The van der Waals surface area contributed by atoms with E-state index in [0.29, 0.717) is 0 Å². The second-order valence-electron chi connectivity index (χ2n) is 3.75. The first-order chi connectivity index (χ1) is 9.04. The Morgan fingerprint density at radius 2 is 2.11 bits per heavy atom. The van der Waals surface area contributed by atoms with Crippen molar-refractivity contribution >= 4 is 23.5 Å². The number of hydrogen-bond acceptors (Lipinski definition) is 3. The smallest absolute Gasteiger partial charge is 0.190 e. The van der Waals surface area contributed by atoms with E-state index in [9.17, 15) is 8.78 Å². The minimum Gasteiger partial charge on any atom is -0.488 e. The predicted molar refractivity (Wildman–Crippen MR) is 74.3 cm³/mol. The summed E-state index contributed by atoms with van der Waals surface area (Å²) in [6.45, 7) is 2.24. The summed E-state index contributed by atoms with van der Waals surface area (Å²) in [6, 6.07) is 2.24. The molecule has 0 bridgehead atoms. The van der Waals surface area contributed by atoms with E-state index >= 15 is 0 Å². The largest absolute Gasteiger partial charge is 0.488 e. The monoisotopic (exact) mass is 287 g/mol. The Balaban J connectivity index is 2.78. The van der Waals surface area contributed by atoms with Gasteiger partial charge in [0, 0.05) is 5.56 Å². The molecule has 4 nitrogen and oxygen atoms in total. The second kappa shape index (κ2) is 7.63. The summed E-state index contributed by atoms with van der Waals surface area (Å²) >= 11 is 4.53. The molecule has 1 aromatic rings. The zero-order chi connectivity index (χ0) is 14.3. The summed E-state index contributed by atoms with van der Waals surface area (Å²) in [6.07, 6.45) is 2.83. The van der Waals surface area contributed by atoms with Gasteiger partial charge in [0.05, 0.1) is 12.8 Å². The van der Waals surface area contributed by atoms with Crippen molar-refractivity contribution in [3.05, 3.63) is 29.3 Å². The van der Waals surface area contributed by atoms with Crippen molar-refractivity contribution in [1.82, 2.24) is 5.43 Å². The number of nitrogens with two attached hydrogens (primary N) is 1. The normalized spacial score (nSPS) is 10.7. The third kappa shape index (κ3) is 5.17. The molecular formula is C12H15F2N3OS. The molecule has 0 aliphatic heterocycles. The first kappa shape index (κ1) is 15.3. The zero-order valence-corrected chi connectivity index (χ0v) is 11.3. The predicted octanol–water partition coefficient (Wildman–Crippen LogP) is 2.31. The fraction of sp³-hybridized carbons (Fsp3) is 0.333. The summed E-state index contributed by atoms with van der Waals surface area (Å²) in [5, 5.41) is 3.58. The summed E-state index contributed by atoms with van der Waals surface area (Å²) < 4.78 is 32.3. The van der Waals surface area contributed by atoms with Crippen molar-refractivity contribution in [2.75, 3.05) is 6.61 Å². The molecule has 0 radical (unpaired) electrons. The van der Waals surface area contributed by atoms with Crippen LogP contribution in [0.2, 0.25) is 0 Å². The van der Waals surface area contributed by atoms with Gasteiger partial charge in [-0.3, -0.25) is 5.43 Å². The number of hydrogen-bond donors (Lipinski definition) is 2. The number of hydrazone groups is 1. The van der Waals surface area contributed by atoms with Crippen LogP contribution in [-0.4, -0.2) is 17.9 Å². The van der Waals surface area contributed by atoms with Crippen LogP contribution in [0, 0.1) is 11.6 Å². The quantitative estimate of drug-likeness (QED) is 0.365. The topological polar surface area (TPSA) is 59.6 Å². The van der Waals surface area contributed by atoms with Crippen molar-refractivity contribution in [3.8, 4) is 5.75 Å². The molecule has 0 amide bonds. The van der Waals surface area contributed by atoms with Crippen LogP contribution in [0.5, 0.6) is 5.75 Å². The third-order valence-corrected chi connectivity index (χ3v) is 2.24. The first-order valence-corrected chi connectivity index (χ1v) is 6.15. The van der Waals surface area contributed by atoms with Gasteiger partial charge in [0.25, 0.3) is 0 Å². The highest BCUT2D eigenvalue weighted by atomic mass is 32.1. The molecule has 3 N–H and O–H groups in total. The highest BCUT2D eigenvalue weighted by Crippen LogP contribution is 2.23. The average Bonchev–Trinajstić information content (AvgIpc) is 2.32. The van der Waals surface area contributed by atoms with Crippen LogP contribution in [0.3, 0.4) is 0 Å². The molecule has 0 aliphatic carbocycles. The van der Waals surface area contributed by atoms with Gasteiger partial charge in [0.1, 0.15) is 0 Å². The molecule has 0 aliphatic rings. The van der Waals surface area contributed by atoms with Crippen LogP contribution < -0.4 is 15.9 Å². The van der Waals surface area contributed by atoms with Gasteiger partial charge >= 0.3 is 0 Å². The van der Waals surface area contributed by atoms with Crippen LogP contribution >= 0.6 is 12.2 Å². The Morgan fingerprint density at radius 1 is 1.47 bits per heavy atom. The van der Waals surface area contributed by atoms with Crippen molar-refractivity contribution in [2.45, 2.75) is 19.8 Å². The Morgan fingerprint density at radius 3 is 2.63 bits per heavy atom. The Hall–Kier alpha value is -1.76. The number of unbranched alkanes of at least 4 members (excludes halogenated alkanes) is 1. The maximum Gasteiger partial charge on any atom is 0.190 e. The molecule has 0 atom stereocenters. The summed E-state index contributed by atoms with van der Waals surface area (Å²) in [4.78, 5) is 0. The maximum atomic E-state index is 13.6. The lowest BCUT2D eigenvalue weighted by atomic mass is 10.2. The Labute approximate surface area is 115 Å². The van der Waals surface area contributed by atoms with Crippen LogP contribution in [-0.2, 0) is 0 Å². The van der Waals surface area contributed by atoms with E-state index in [-0.39, 0.29) is 23.0 Å². The molecule has 1 rings (SSSR count). The van der Waals surface area contributed by atoms with Crippen molar-refractivity contribution in [3.63, 3.8) is 0 Å². The minimum absolute atomic E-state index is 0.0308. The fourth-order valence-electron chi connectivity index (χ4n) is 1.28.